The number of carbonyl (C=O) groups is 1. The van der Waals surface area contributed by atoms with Crippen LogP contribution >= 0.6 is 0 Å². The molecule has 0 aromatic rings. The van der Waals surface area contributed by atoms with Crippen LogP contribution in [0, 0.1) is 11.8 Å². The molecular formula is C10H16O. The van der Waals surface area contributed by atoms with Gasteiger partial charge in [0.05, 0.1) is 0 Å². The lowest BCUT2D eigenvalue weighted by molar-refractivity contribution is -0.122. The van der Waals surface area contributed by atoms with Crippen molar-refractivity contribution in [3.63, 3.8) is 0 Å². The quantitative estimate of drug-likeness (QED) is 0.528. The Morgan fingerprint density at radius 2 is 2.27 bits per heavy atom. The maximum atomic E-state index is 11.1. The Hall–Kier alpha value is -0.590. The third-order valence-corrected chi connectivity index (χ3v) is 2.55. The molecule has 0 spiro atoms. The van der Waals surface area contributed by atoms with Crippen molar-refractivity contribution in [3.05, 3.63) is 11.6 Å². The largest absolute Gasteiger partial charge is 0.300 e. The SMILES string of the molecule is CC(=O)[C@@H]1CCC(C)=C[C@@H]1C. The zero-order valence-electron chi connectivity index (χ0n) is 7.55. The van der Waals surface area contributed by atoms with Gasteiger partial charge in [-0.05, 0) is 32.6 Å². The van der Waals surface area contributed by atoms with Crippen molar-refractivity contribution in [2.45, 2.75) is 33.6 Å². The van der Waals surface area contributed by atoms with Gasteiger partial charge in [-0.3, -0.25) is 4.79 Å². The number of Topliss-reactive ketones (excluding diaryl/α,β-unsaturated/α-hetero) is 1. The van der Waals surface area contributed by atoms with Gasteiger partial charge >= 0.3 is 0 Å². The maximum absolute atomic E-state index is 11.1. The highest BCUT2D eigenvalue weighted by Crippen LogP contribution is 2.28. The van der Waals surface area contributed by atoms with Gasteiger partial charge in [0.1, 0.15) is 5.78 Å². The molecular weight excluding hydrogens is 136 g/mol. The summed E-state index contributed by atoms with van der Waals surface area (Å²) in [6.45, 7) is 5.98. The minimum Gasteiger partial charge on any atom is -0.300 e. The summed E-state index contributed by atoms with van der Waals surface area (Å²) in [4.78, 5) is 11.1. The summed E-state index contributed by atoms with van der Waals surface area (Å²) in [5, 5.41) is 0. The van der Waals surface area contributed by atoms with Crippen LogP contribution in [0.4, 0.5) is 0 Å². The highest BCUT2D eigenvalue weighted by Gasteiger charge is 2.23. The number of ketones is 1. The smallest absolute Gasteiger partial charge is 0.133 e. The van der Waals surface area contributed by atoms with E-state index >= 15 is 0 Å². The zero-order chi connectivity index (χ0) is 8.43. The Balaban J connectivity index is 2.68. The molecule has 0 saturated heterocycles. The first kappa shape index (κ1) is 8.51. The van der Waals surface area contributed by atoms with E-state index in [1.165, 1.54) is 5.57 Å². The van der Waals surface area contributed by atoms with Crippen molar-refractivity contribution in [2.24, 2.45) is 11.8 Å². The first-order chi connectivity index (χ1) is 5.11. The summed E-state index contributed by atoms with van der Waals surface area (Å²) in [5.74, 6) is 1.10. The van der Waals surface area contributed by atoms with Crippen molar-refractivity contribution in [2.75, 3.05) is 0 Å². The van der Waals surface area contributed by atoms with Crippen LogP contribution in [-0.2, 0) is 4.79 Å². The molecule has 62 valence electrons. The maximum Gasteiger partial charge on any atom is 0.133 e. The van der Waals surface area contributed by atoms with Crippen LogP contribution in [-0.4, -0.2) is 5.78 Å². The summed E-state index contributed by atoms with van der Waals surface area (Å²) >= 11 is 0. The number of hydrogen-bond donors (Lipinski definition) is 0. The molecule has 0 aromatic heterocycles. The number of carbonyl (C=O) groups excluding carboxylic acids is 1. The molecule has 1 heteroatoms. The van der Waals surface area contributed by atoms with Crippen LogP contribution in [0.2, 0.25) is 0 Å². The minimum absolute atomic E-state index is 0.290. The minimum atomic E-state index is 0.290. The first-order valence-electron chi connectivity index (χ1n) is 4.29. The Morgan fingerprint density at radius 3 is 2.73 bits per heavy atom. The highest BCUT2D eigenvalue weighted by atomic mass is 16.1. The fourth-order valence-electron chi connectivity index (χ4n) is 1.87. The van der Waals surface area contributed by atoms with Crippen molar-refractivity contribution >= 4 is 5.78 Å². The van der Waals surface area contributed by atoms with Crippen molar-refractivity contribution < 1.29 is 4.79 Å². The normalized spacial score (nSPS) is 31.4. The van der Waals surface area contributed by atoms with Gasteiger partial charge < -0.3 is 0 Å². The second-order valence-electron chi connectivity index (χ2n) is 3.63. The van der Waals surface area contributed by atoms with Crippen molar-refractivity contribution in [1.29, 1.82) is 0 Å². The predicted molar refractivity (Wildman–Crippen MR) is 46.3 cm³/mol. The number of hydrogen-bond acceptors (Lipinski definition) is 1. The second-order valence-corrected chi connectivity index (χ2v) is 3.63. The molecule has 0 saturated carbocycles. The standard InChI is InChI=1S/C10H16O/c1-7-4-5-10(9(3)11)8(2)6-7/h6,8,10H,4-5H2,1-3H3/t8-,10+/m0/s1. The van der Waals surface area contributed by atoms with Gasteiger partial charge in [-0.1, -0.05) is 18.6 Å². The van der Waals surface area contributed by atoms with E-state index in [0.717, 1.165) is 12.8 Å². The molecule has 1 aliphatic carbocycles. The van der Waals surface area contributed by atoms with Crippen LogP contribution < -0.4 is 0 Å². The fraction of sp³-hybridized carbons (Fsp3) is 0.700. The third-order valence-electron chi connectivity index (χ3n) is 2.55. The molecule has 0 bridgehead atoms. The molecule has 11 heavy (non-hydrogen) atoms. The van der Waals surface area contributed by atoms with E-state index in [0.29, 0.717) is 17.6 Å². The van der Waals surface area contributed by atoms with Crippen molar-refractivity contribution in [1.82, 2.24) is 0 Å². The van der Waals surface area contributed by atoms with E-state index in [2.05, 4.69) is 19.9 Å². The number of rotatable bonds is 1. The van der Waals surface area contributed by atoms with Gasteiger partial charge in [-0.15, -0.1) is 0 Å². The molecule has 0 fully saturated rings. The zero-order valence-corrected chi connectivity index (χ0v) is 7.55. The van der Waals surface area contributed by atoms with Crippen molar-refractivity contribution in [3.8, 4) is 0 Å². The second kappa shape index (κ2) is 3.21. The Labute approximate surface area is 68.5 Å². The molecule has 2 atom stereocenters. The van der Waals surface area contributed by atoms with E-state index in [4.69, 9.17) is 0 Å². The summed E-state index contributed by atoms with van der Waals surface area (Å²) in [6.07, 6.45) is 4.39. The third kappa shape index (κ3) is 1.92. The van der Waals surface area contributed by atoms with Crippen LogP contribution in [0.1, 0.15) is 33.6 Å². The monoisotopic (exact) mass is 152 g/mol. The molecule has 0 aromatic carbocycles. The van der Waals surface area contributed by atoms with E-state index in [-0.39, 0.29) is 0 Å². The predicted octanol–water partition coefficient (Wildman–Crippen LogP) is 2.57. The summed E-state index contributed by atoms with van der Waals surface area (Å²) in [5.41, 5.74) is 1.44. The van der Waals surface area contributed by atoms with Crippen LogP contribution in [0.15, 0.2) is 11.6 Å². The molecule has 1 rings (SSSR count). The fourth-order valence-corrected chi connectivity index (χ4v) is 1.87. The number of allylic oxidation sites excluding steroid dienone is 2. The van der Waals surface area contributed by atoms with Crippen LogP contribution in [0.5, 0.6) is 0 Å². The topological polar surface area (TPSA) is 17.1 Å². The van der Waals surface area contributed by atoms with Gasteiger partial charge in [0, 0.05) is 5.92 Å². The Kier molecular flexibility index (Phi) is 2.48. The van der Waals surface area contributed by atoms with Gasteiger partial charge in [0.2, 0.25) is 0 Å². The average Bonchev–Trinajstić information content (AvgIpc) is 1.85. The van der Waals surface area contributed by atoms with Gasteiger partial charge in [-0.2, -0.15) is 0 Å². The molecule has 0 unspecified atom stereocenters. The summed E-state index contributed by atoms with van der Waals surface area (Å²) in [6, 6.07) is 0. The Morgan fingerprint density at radius 1 is 1.64 bits per heavy atom. The van der Waals surface area contributed by atoms with Crippen LogP contribution in [0.3, 0.4) is 0 Å². The van der Waals surface area contributed by atoms with Gasteiger partial charge in [0.15, 0.2) is 0 Å². The highest BCUT2D eigenvalue weighted by molar-refractivity contribution is 5.79. The lowest BCUT2D eigenvalue weighted by Gasteiger charge is -2.24. The average molecular weight is 152 g/mol. The van der Waals surface area contributed by atoms with E-state index < -0.39 is 0 Å². The Bertz CT molecular complexity index is 191. The van der Waals surface area contributed by atoms with E-state index in [1.54, 1.807) is 6.92 Å². The lowest BCUT2D eigenvalue weighted by atomic mass is 9.80. The molecule has 0 N–H and O–H groups in total. The molecule has 1 aliphatic rings. The molecule has 0 aliphatic heterocycles. The van der Waals surface area contributed by atoms with E-state index in [1.807, 2.05) is 0 Å². The van der Waals surface area contributed by atoms with Gasteiger partial charge in [-0.25, -0.2) is 0 Å². The van der Waals surface area contributed by atoms with Crippen LogP contribution in [0.25, 0.3) is 0 Å². The molecule has 1 nitrogen and oxygen atoms in total. The molecule has 0 heterocycles. The van der Waals surface area contributed by atoms with Gasteiger partial charge in [0.25, 0.3) is 0 Å². The van der Waals surface area contributed by atoms with E-state index in [9.17, 15) is 4.79 Å². The molecule has 0 radical (unpaired) electrons. The summed E-state index contributed by atoms with van der Waals surface area (Å²) in [7, 11) is 0. The first-order valence-corrected chi connectivity index (χ1v) is 4.29. The molecule has 0 amide bonds. The lowest BCUT2D eigenvalue weighted by Crippen LogP contribution is -2.21. The summed E-state index contributed by atoms with van der Waals surface area (Å²) < 4.78 is 0.